The second-order valence-electron chi connectivity index (χ2n) is 3.60. The first-order valence-corrected chi connectivity index (χ1v) is 6.01. The number of benzene rings is 2. The molecular formula is C15H13ClO. The molecule has 2 rings (SSSR count). The Morgan fingerprint density at radius 2 is 1.88 bits per heavy atom. The van der Waals surface area contributed by atoms with Crippen LogP contribution in [0.3, 0.4) is 0 Å². The highest BCUT2D eigenvalue weighted by atomic mass is 35.5. The highest BCUT2D eigenvalue weighted by molar-refractivity contribution is 6.18. The lowest BCUT2D eigenvalue weighted by atomic mass is 10.0. The molecule has 86 valence electrons. The maximum Gasteiger partial charge on any atom is 0.126 e. The van der Waals surface area contributed by atoms with Crippen molar-refractivity contribution in [1.29, 1.82) is 0 Å². The molecule has 0 aliphatic heterocycles. The van der Waals surface area contributed by atoms with Gasteiger partial charge in [-0.3, -0.25) is 0 Å². The van der Waals surface area contributed by atoms with E-state index in [1.54, 1.807) is 7.11 Å². The van der Waals surface area contributed by atoms with Crippen molar-refractivity contribution in [1.82, 2.24) is 0 Å². The summed E-state index contributed by atoms with van der Waals surface area (Å²) in [5.41, 5.74) is 1.02. The molecule has 0 saturated heterocycles. The minimum absolute atomic E-state index is 0.571. The summed E-state index contributed by atoms with van der Waals surface area (Å²) in [4.78, 5) is 0. The van der Waals surface area contributed by atoms with Crippen molar-refractivity contribution in [2.24, 2.45) is 0 Å². The normalized spacial score (nSPS) is 9.76. The molecule has 0 amide bonds. The molecule has 0 N–H and O–H groups in total. The molecule has 0 fully saturated rings. The van der Waals surface area contributed by atoms with Gasteiger partial charge in [-0.25, -0.2) is 0 Å². The topological polar surface area (TPSA) is 9.23 Å². The number of hydrogen-bond acceptors (Lipinski definition) is 1. The van der Waals surface area contributed by atoms with Crippen LogP contribution in [0.5, 0.6) is 5.75 Å². The van der Waals surface area contributed by atoms with E-state index >= 15 is 0 Å². The zero-order valence-electron chi connectivity index (χ0n) is 9.66. The average Bonchev–Trinajstić information content (AvgIpc) is 2.39. The third-order valence-corrected chi connectivity index (χ3v) is 2.74. The molecule has 17 heavy (non-hydrogen) atoms. The van der Waals surface area contributed by atoms with Gasteiger partial charge in [0.25, 0.3) is 0 Å². The Labute approximate surface area is 106 Å². The molecule has 0 bridgehead atoms. The van der Waals surface area contributed by atoms with Crippen molar-refractivity contribution < 1.29 is 4.74 Å². The molecule has 0 radical (unpaired) electrons. The Balaban J connectivity index is 2.56. The molecule has 1 nitrogen and oxygen atoms in total. The minimum Gasteiger partial charge on any atom is -0.496 e. The van der Waals surface area contributed by atoms with Crippen LogP contribution in [0.25, 0.3) is 10.8 Å². The zero-order chi connectivity index (χ0) is 12.1. The molecule has 2 heteroatoms. The number of ether oxygens (including phenoxy) is 1. The van der Waals surface area contributed by atoms with Crippen molar-refractivity contribution in [3.05, 3.63) is 42.0 Å². The predicted molar refractivity (Wildman–Crippen MR) is 72.7 cm³/mol. The van der Waals surface area contributed by atoms with E-state index < -0.39 is 0 Å². The maximum atomic E-state index is 5.61. The monoisotopic (exact) mass is 244 g/mol. The Bertz CT molecular complexity index is 578. The Morgan fingerprint density at radius 3 is 2.59 bits per heavy atom. The molecule has 0 spiro atoms. The largest absolute Gasteiger partial charge is 0.496 e. The Morgan fingerprint density at radius 1 is 1.12 bits per heavy atom. The SMILES string of the molecule is COc1ccc(C#CCCCl)c2ccccc12. The van der Waals surface area contributed by atoms with E-state index in [4.69, 9.17) is 16.3 Å². The summed E-state index contributed by atoms with van der Waals surface area (Å²) in [5.74, 6) is 7.66. The van der Waals surface area contributed by atoms with Crippen molar-refractivity contribution in [3.8, 4) is 17.6 Å². The van der Waals surface area contributed by atoms with Gasteiger partial charge in [0.15, 0.2) is 0 Å². The predicted octanol–water partition coefficient (Wildman–Crippen LogP) is 3.83. The van der Waals surface area contributed by atoms with E-state index in [1.165, 1.54) is 0 Å². The van der Waals surface area contributed by atoms with Crippen LogP contribution < -0.4 is 4.74 Å². The summed E-state index contributed by atoms with van der Waals surface area (Å²) in [6.45, 7) is 0. The van der Waals surface area contributed by atoms with Crippen molar-refractivity contribution in [3.63, 3.8) is 0 Å². The van der Waals surface area contributed by atoms with Crippen LogP contribution in [0.2, 0.25) is 0 Å². The van der Waals surface area contributed by atoms with Gasteiger partial charge in [-0.1, -0.05) is 36.1 Å². The fourth-order valence-corrected chi connectivity index (χ4v) is 1.86. The number of halogens is 1. The third kappa shape index (κ3) is 2.54. The van der Waals surface area contributed by atoms with E-state index in [2.05, 4.69) is 17.9 Å². The average molecular weight is 245 g/mol. The van der Waals surface area contributed by atoms with E-state index in [-0.39, 0.29) is 0 Å². The van der Waals surface area contributed by atoms with Crippen LogP contribution in [-0.2, 0) is 0 Å². The molecule has 0 heterocycles. The third-order valence-electron chi connectivity index (χ3n) is 2.55. The van der Waals surface area contributed by atoms with Crippen molar-refractivity contribution in [2.75, 3.05) is 13.0 Å². The fraction of sp³-hybridized carbons (Fsp3) is 0.200. The highest BCUT2D eigenvalue weighted by Crippen LogP contribution is 2.27. The number of rotatable bonds is 2. The Hall–Kier alpha value is -1.65. The lowest BCUT2D eigenvalue weighted by Gasteiger charge is -2.06. The number of hydrogen-bond donors (Lipinski definition) is 0. The fourth-order valence-electron chi connectivity index (χ4n) is 1.76. The first-order valence-electron chi connectivity index (χ1n) is 5.47. The van der Waals surface area contributed by atoms with Gasteiger partial charge in [-0.05, 0) is 12.1 Å². The van der Waals surface area contributed by atoms with Crippen LogP contribution in [0.15, 0.2) is 36.4 Å². The van der Waals surface area contributed by atoms with E-state index in [9.17, 15) is 0 Å². The quantitative estimate of drug-likeness (QED) is 0.576. The summed E-state index contributed by atoms with van der Waals surface area (Å²) in [6.07, 6.45) is 0.710. The van der Waals surface area contributed by atoms with Gasteiger partial charge < -0.3 is 4.74 Å². The van der Waals surface area contributed by atoms with Crippen LogP contribution >= 0.6 is 11.6 Å². The van der Waals surface area contributed by atoms with E-state index in [0.29, 0.717) is 12.3 Å². The summed E-state index contributed by atoms with van der Waals surface area (Å²) in [6, 6.07) is 12.0. The zero-order valence-corrected chi connectivity index (χ0v) is 10.4. The molecular weight excluding hydrogens is 232 g/mol. The van der Waals surface area contributed by atoms with Gasteiger partial charge >= 0.3 is 0 Å². The first-order chi connectivity index (χ1) is 8.36. The van der Waals surface area contributed by atoms with Crippen LogP contribution in [-0.4, -0.2) is 13.0 Å². The molecule has 0 aliphatic carbocycles. The maximum absolute atomic E-state index is 5.61. The van der Waals surface area contributed by atoms with Crippen LogP contribution in [0.1, 0.15) is 12.0 Å². The number of methoxy groups -OCH3 is 1. The van der Waals surface area contributed by atoms with Crippen LogP contribution in [0.4, 0.5) is 0 Å². The summed E-state index contributed by atoms with van der Waals surface area (Å²) >= 11 is 5.61. The summed E-state index contributed by atoms with van der Waals surface area (Å²) in [5, 5.41) is 2.21. The van der Waals surface area contributed by atoms with Gasteiger partial charge in [0.2, 0.25) is 0 Å². The molecule has 0 aliphatic rings. The van der Waals surface area contributed by atoms with Gasteiger partial charge in [0, 0.05) is 28.6 Å². The standard InChI is InChI=1S/C15H13ClO/c1-17-15-10-9-12(6-4-5-11-16)13-7-2-3-8-14(13)15/h2-3,7-10H,5,11H2,1H3. The Kier molecular flexibility index (Phi) is 3.90. The van der Waals surface area contributed by atoms with Gasteiger partial charge in [-0.2, -0.15) is 0 Å². The first kappa shape index (κ1) is 11.8. The minimum atomic E-state index is 0.571. The van der Waals surface area contributed by atoms with Crippen molar-refractivity contribution >= 4 is 22.4 Å². The summed E-state index contributed by atoms with van der Waals surface area (Å²) in [7, 11) is 1.68. The lowest BCUT2D eigenvalue weighted by molar-refractivity contribution is 0.420. The van der Waals surface area contributed by atoms with Crippen molar-refractivity contribution in [2.45, 2.75) is 6.42 Å². The van der Waals surface area contributed by atoms with Gasteiger partial charge in [-0.15, -0.1) is 11.6 Å². The molecule has 0 atom stereocenters. The molecule has 0 unspecified atom stereocenters. The number of alkyl halides is 1. The van der Waals surface area contributed by atoms with E-state index in [1.807, 2.05) is 30.3 Å². The molecule has 2 aromatic rings. The second kappa shape index (κ2) is 5.61. The van der Waals surface area contributed by atoms with Gasteiger partial charge in [0.05, 0.1) is 7.11 Å². The molecule has 0 aromatic heterocycles. The molecule has 0 saturated carbocycles. The molecule has 2 aromatic carbocycles. The smallest absolute Gasteiger partial charge is 0.126 e. The van der Waals surface area contributed by atoms with Gasteiger partial charge in [0.1, 0.15) is 5.75 Å². The highest BCUT2D eigenvalue weighted by Gasteiger charge is 2.03. The second-order valence-corrected chi connectivity index (χ2v) is 3.98. The van der Waals surface area contributed by atoms with E-state index in [0.717, 1.165) is 22.1 Å². The lowest BCUT2D eigenvalue weighted by Crippen LogP contribution is -1.87. The van der Waals surface area contributed by atoms with Crippen LogP contribution in [0, 0.1) is 11.8 Å². The summed E-state index contributed by atoms with van der Waals surface area (Å²) < 4.78 is 5.34. The number of fused-ring (bicyclic) bond motifs is 1.